The molecule has 5 heteroatoms. The van der Waals surface area contributed by atoms with Gasteiger partial charge in [0, 0.05) is 18.0 Å². The summed E-state index contributed by atoms with van der Waals surface area (Å²) in [6.07, 6.45) is 3.37. The van der Waals surface area contributed by atoms with E-state index >= 15 is 0 Å². The highest BCUT2D eigenvalue weighted by atomic mass is 32.1. The molecule has 0 bridgehead atoms. The summed E-state index contributed by atoms with van der Waals surface area (Å²) in [6.45, 7) is 7.22. The molecule has 0 radical (unpaired) electrons. The van der Waals surface area contributed by atoms with Crippen molar-refractivity contribution < 1.29 is 4.79 Å². The van der Waals surface area contributed by atoms with E-state index in [1.807, 2.05) is 0 Å². The van der Waals surface area contributed by atoms with Gasteiger partial charge in [0.15, 0.2) is 0 Å². The number of aromatic nitrogens is 1. The third kappa shape index (κ3) is 3.54. The number of carbonyl (C=O) groups is 1. The Kier molecular flexibility index (Phi) is 4.26. The second-order valence-electron chi connectivity index (χ2n) is 6.29. The molecule has 0 aliphatic heterocycles. The van der Waals surface area contributed by atoms with Crippen molar-refractivity contribution in [1.29, 1.82) is 0 Å². The Morgan fingerprint density at radius 3 is 2.95 bits per heavy atom. The number of hydrogen-bond donors (Lipinski definition) is 2. The third-order valence-electron chi connectivity index (χ3n) is 3.97. The number of thiazole rings is 1. The van der Waals surface area contributed by atoms with Crippen molar-refractivity contribution >= 4 is 17.2 Å². The summed E-state index contributed by atoms with van der Waals surface area (Å²) < 4.78 is 0. The van der Waals surface area contributed by atoms with E-state index < -0.39 is 0 Å². The Morgan fingerprint density at radius 2 is 2.37 bits per heavy atom. The lowest BCUT2D eigenvalue weighted by Crippen LogP contribution is -2.44. The second-order valence-corrected chi connectivity index (χ2v) is 7.24. The standard InChI is InChI=1S/C14H23N3OS/c1-9-6-14(2,3)5-4-10(9)17-13(18)11-8-19-12(7-15)16-11/h8-10H,4-7,15H2,1-3H3,(H,17,18). The van der Waals surface area contributed by atoms with Gasteiger partial charge in [-0.05, 0) is 30.6 Å². The molecule has 2 unspecified atom stereocenters. The van der Waals surface area contributed by atoms with E-state index in [0.717, 1.165) is 24.3 Å². The number of carbonyl (C=O) groups excluding carboxylic acids is 1. The smallest absolute Gasteiger partial charge is 0.270 e. The average Bonchev–Trinajstić information content (AvgIpc) is 2.81. The summed E-state index contributed by atoms with van der Waals surface area (Å²) in [5, 5.41) is 5.72. The van der Waals surface area contributed by atoms with Crippen LogP contribution in [0, 0.1) is 11.3 Å². The summed E-state index contributed by atoms with van der Waals surface area (Å²) in [7, 11) is 0. The fourth-order valence-electron chi connectivity index (χ4n) is 2.91. The van der Waals surface area contributed by atoms with E-state index in [1.54, 1.807) is 5.38 Å². The molecule has 1 heterocycles. The van der Waals surface area contributed by atoms with Crippen molar-refractivity contribution in [3.8, 4) is 0 Å². The fraction of sp³-hybridized carbons (Fsp3) is 0.714. The van der Waals surface area contributed by atoms with Gasteiger partial charge in [0.2, 0.25) is 0 Å². The van der Waals surface area contributed by atoms with E-state index in [0.29, 0.717) is 23.6 Å². The predicted octanol–water partition coefficient (Wildman–Crippen LogP) is 2.55. The topological polar surface area (TPSA) is 68.0 Å². The highest BCUT2D eigenvalue weighted by molar-refractivity contribution is 7.09. The van der Waals surface area contributed by atoms with Gasteiger partial charge in [0.25, 0.3) is 5.91 Å². The van der Waals surface area contributed by atoms with E-state index in [1.165, 1.54) is 11.3 Å². The van der Waals surface area contributed by atoms with Gasteiger partial charge in [0.1, 0.15) is 10.7 Å². The largest absolute Gasteiger partial charge is 0.348 e. The fourth-order valence-corrected chi connectivity index (χ4v) is 3.57. The first-order chi connectivity index (χ1) is 8.91. The van der Waals surface area contributed by atoms with E-state index in [2.05, 4.69) is 31.1 Å². The summed E-state index contributed by atoms with van der Waals surface area (Å²) in [5.41, 5.74) is 6.41. The van der Waals surface area contributed by atoms with Crippen molar-refractivity contribution in [3.05, 3.63) is 16.1 Å². The molecule has 2 rings (SSSR count). The van der Waals surface area contributed by atoms with Crippen LogP contribution in [-0.2, 0) is 6.54 Å². The Balaban J connectivity index is 1.96. The molecule has 2 atom stereocenters. The average molecular weight is 281 g/mol. The van der Waals surface area contributed by atoms with Crippen LogP contribution in [0.15, 0.2) is 5.38 Å². The SMILES string of the molecule is CC1CC(C)(C)CCC1NC(=O)c1csc(CN)n1. The molecule has 4 nitrogen and oxygen atoms in total. The van der Waals surface area contributed by atoms with Gasteiger partial charge >= 0.3 is 0 Å². The predicted molar refractivity (Wildman–Crippen MR) is 78.1 cm³/mol. The van der Waals surface area contributed by atoms with Gasteiger partial charge in [-0.25, -0.2) is 4.98 Å². The molecule has 106 valence electrons. The number of nitrogens with two attached hydrogens (primary N) is 1. The maximum absolute atomic E-state index is 12.1. The lowest BCUT2D eigenvalue weighted by Gasteiger charge is -2.39. The van der Waals surface area contributed by atoms with Gasteiger partial charge in [0.05, 0.1) is 0 Å². The first kappa shape index (κ1) is 14.5. The van der Waals surface area contributed by atoms with Crippen molar-refractivity contribution in [2.45, 2.75) is 52.6 Å². The van der Waals surface area contributed by atoms with Crippen LogP contribution in [0.5, 0.6) is 0 Å². The van der Waals surface area contributed by atoms with Gasteiger partial charge in [-0.2, -0.15) is 0 Å². The van der Waals surface area contributed by atoms with Gasteiger partial charge in [-0.1, -0.05) is 20.8 Å². The molecule has 0 aromatic carbocycles. The monoisotopic (exact) mass is 281 g/mol. The van der Waals surface area contributed by atoms with Gasteiger partial charge in [-0.3, -0.25) is 4.79 Å². The van der Waals surface area contributed by atoms with Gasteiger partial charge < -0.3 is 11.1 Å². The molecule has 1 aromatic heterocycles. The van der Waals surface area contributed by atoms with Crippen LogP contribution in [0.1, 0.15) is 55.5 Å². The number of amides is 1. The zero-order chi connectivity index (χ0) is 14.0. The van der Waals surface area contributed by atoms with Crippen molar-refractivity contribution in [1.82, 2.24) is 10.3 Å². The highest BCUT2D eigenvalue weighted by Gasteiger charge is 2.33. The molecule has 1 amide bonds. The van der Waals surface area contributed by atoms with Crippen LogP contribution in [0.2, 0.25) is 0 Å². The van der Waals surface area contributed by atoms with Crippen LogP contribution < -0.4 is 11.1 Å². The summed E-state index contributed by atoms with van der Waals surface area (Å²) in [4.78, 5) is 16.4. The van der Waals surface area contributed by atoms with Crippen LogP contribution in [0.25, 0.3) is 0 Å². The Morgan fingerprint density at radius 1 is 1.63 bits per heavy atom. The molecule has 1 aliphatic rings. The summed E-state index contributed by atoms with van der Waals surface area (Å²) in [6, 6.07) is 0.267. The van der Waals surface area contributed by atoms with Crippen molar-refractivity contribution in [2.75, 3.05) is 0 Å². The molecule has 1 saturated carbocycles. The summed E-state index contributed by atoms with van der Waals surface area (Å²) >= 11 is 1.44. The third-order valence-corrected chi connectivity index (χ3v) is 4.84. The maximum atomic E-state index is 12.1. The maximum Gasteiger partial charge on any atom is 0.270 e. The molecule has 1 aromatic rings. The number of rotatable bonds is 3. The minimum atomic E-state index is -0.0625. The first-order valence-corrected chi connectivity index (χ1v) is 7.74. The molecule has 1 aliphatic carbocycles. The van der Waals surface area contributed by atoms with E-state index in [4.69, 9.17) is 5.73 Å². The molecule has 1 fully saturated rings. The molecule has 3 N–H and O–H groups in total. The normalized spacial score (nSPS) is 26.1. The second kappa shape index (κ2) is 5.59. The quantitative estimate of drug-likeness (QED) is 0.894. The molecule has 0 saturated heterocycles. The molecule has 0 spiro atoms. The molecular formula is C14H23N3OS. The first-order valence-electron chi connectivity index (χ1n) is 6.86. The molecule has 19 heavy (non-hydrogen) atoms. The minimum absolute atomic E-state index is 0.0625. The van der Waals surface area contributed by atoms with E-state index in [9.17, 15) is 4.79 Å². The molecular weight excluding hydrogens is 258 g/mol. The lowest BCUT2D eigenvalue weighted by atomic mass is 9.70. The summed E-state index contributed by atoms with van der Waals surface area (Å²) in [5.74, 6) is 0.452. The van der Waals surface area contributed by atoms with Crippen LogP contribution in [-0.4, -0.2) is 16.9 Å². The number of hydrogen-bond acceptors (Lipinski definition) is 4. The lowest BCUT2D eigenvalue weighted by molar-refractivity contribution is 0.0857. The van der Waals surface area contributed by atoms with Crippen LogP contribution in [0.3, 0.4) is 0 Å². The number of nitrogens with zero attached hydrogens (tertiary/aromatic N) is 1. The zero-order valence-electron chi connectivity index (χ0n) is 11.9. The van der Waals surface area contributed by atoms with Crippen LogP contribution >= 0.6 is 11.3 Å². The Labute approximate surface area is 118 Å². The highest BCUT2D eigenvalue weighted by Crippen LogP contribution is 2.38. The Hall–Kier alpha value is -0.940. The van der Waals surface area contributed by atoms with E-state index in [-0.39, 0.29) is 11.9 Å². The minimum Gasteiger partial charge on any atom is -0.348 e. The van der Waals surface area contributed by atoms with Crippen molar-refractivity contribution in [3.63, 3.8) is 0 Å². The Bertz CT molecular complexity index is 455. The van der Waals surface area contributed by atoms with Crippen molar-refractivity contribution in [2.24, 2.45) is 17.1 Å². The number of nitrogens with one attached hydrogen (secondary N) is 1. The van der Waals surface area contributed by atoms with Crippen LogP contribution in [0.4, 0.5) is 0 Å². The van der Waals surface area contributed by atoms with Gasteiger partial charge in [-0.15, -0.1) is 11.3 Å². The zero-order valence-corrected chi connectivity index (χ0v) is 12.7.